The Bertz CT molecular complexity index is 995. The van der Waals surface area contributed by atoms with Crippen LogP contribution in [0.5, 0.6) is 5.75 Å². The van der Waals surface area contributed by atoms with Crippen molar-refractivity contribution in [2.45, 2.75) is 20.0 Å². The summed E-state index contributed by atoms with van der Waals surface area (Å²) >= 11 is 3.50. The summed E-state index contributed by atoms with van der Waals surface area (Å²) in [6, 6.07) is 18.7. The molecule has 0 spiro atoms. The third-order valence-corrected chi connectivity index (χ3v) is 6.31. The molecule has 1 heterocycles. The minimum Gasteiger partial charge on any atom is -0.491 e. The highest BCUT2D eigenvalue weighted by molar-refractivity contribution is 9.10. The predicted molar refractivity (Wildman–Crippen MR) is 128 cm³/mol. The summed E-state index contributed by atoms with van der Waals surface area (Å²) in [5.41, 5.74) is 4.03. The predicted octanol–water partition coefficient (Wildman–Crippen LogP) is 4.78. The lowest BCUT2D eigenvalue weighted by Gasteiger charge is -2.38. The highest BCUT2D eigenvalue weighted by Gasteiger charge is 2.21. The van der Waals surface area contributed by atoms with Crippen molar-refractivity contribution in [1.82, 2.24) is 4.90 Å². The van der Waals surface area contributed by atoms with Crippen LogP contribution < -0.4 is 9.64 Å². The molecular weight excluding hydrogens is 440 g/mol. The van der Waals surface area contributed by atoms with Gasteiger partial charge < -0.3 is 14.7 Å². The third-order valence-electron chi connectivity index (χ3n) is 5.81. The van der Waals surface area contributed by atoms with Gasteiger partial charge in [0.25, 0.3) is 0 Å². The molecular formula is C25H29BrN2O2. The van der Waals surface area contributed by atoms with Gasteiger partial charge in [0.15, 0.2) is 0 Å². The average Bonchev–Trinajstić information content (AvgIpc) is 2.73. The molecule has 0 bridgehead atoms. The number of hydrogen-bond donors (Lipinski definition) is 1. The topological polar surface area (TPSA) is 35.9 Å². The van der Waals surface area contributed by atoms with Crippen LogP contribution in [0.4, 0.5) is 5.69 Å². The van der Waals surface area contributed by atoms with Gasteiger partial charge in [-0.3, -0.25) is 4.90 Å². The maximum atomic E-state index is 10.5. The molecule has 1 atom stereocenters. The molecule has 158 valence electrons. The molecule has 4 rings (SSSR count). The van der Waals surface area contributed by atoms with Crippen molar-refractivity contribution in [3.05, 3.63) is 70.2 Å². The van der Waals surface area contributed by atoms with Crippen LogP contribution >= 0.6 is 15.9 Å². The second-order valence-corrected chi connectivity index (χ2v) is 9.06. The molecule has 5 heteroatoms. The van der Waals surface area contributed by atoms with Crippen LogP contribution in [0.15, 0.2) is 59.1 Å². The molecule has 0 amide bonds. The van der Waals surface area contributed by atoms with E-state index in [-0.39, 0.29) is 0 Å². The Kier molecular flexibility index (Phi) is 6.61. The molecule has 4 nitrogen and oxygen atoms in total. The number of aliphatic hydroxyl groups is 1. The quantitative estimate of drug-likeness (QED) is 0.564. The molecule has 3 aromatic rings. The van der Waals surface area contributed by atoms with Gasteiger partial charge in [0, 0.05) is 42.9 Å². The molecule has 0 aromatic heterocycles. The summed E-state index contributed by atoms with van der Waals surface area (Å²) in [5.74, 6) is 0.795. The Morgan fingerprint density at radius 1 is 0.933 bits per heavy atom. The molecule has 1 aliphatic heterocycles. The standard InChI is InChI=1S/C25H29BrN2O2/c1-18-4-3-5-19(2)25(18)28-12-10-27(11-13-28)16-23(29)17-30-24-9-7-20-14-22(26)8-6-21(20)15-24/h3-9,14-15,23,29H,10-13,16-17H2,1-2H3. The number of β-amino-alcohol motifs (C(OH)–C–C–N with tert-alkyl or cyclic N) is 1. The summed E-state index contributed by atoms with van der Waals surface area (Å²) in [7, 11) is 0. The highest BCUT2D eigenvalue weighted by atomic mass is 79.9. The van der Waals surface area contributed by atoms with E-state index in [9.17, 15) is 5.11 Å². The number of aryl methyl sites for hydroxylation is 2. The Balaban J connectivity index is 1.27. The van der Waals surface area contributed by atoms with Crippen molar-refractivity contribution in [1.29, 1.82) is 0 Å². The van der Waals surface area contributed by atoms with E-state index in [1.807, 2.05) is 18.2 Å². The lowest BCUT2D eigenvalue weighted by atomic mass is 10.1. The molecule has 0 saturated carbocycles. The first-order valence-corrected chi connectivity index (χ1v) is 11.3. The molecule has 30 heavy (non-hydrogen) atoms. The van der Waals surface area contributed by atoms with Crippen LogP contribution in [-0.2, 0) is 0 Å². The number of para-hydroxylation sites is 1. The number of ether oxygens (including phenoxy) is 1. The largest absolute Gasteiger partial charge is 0.491 e. The van der Waals surface area contributed by atoms with E-state index in [0.717, 1.165) is 41.8 Å². The summed E-state index contributed by atoms with van der Waals surface area (Å²) in [6.45, 7) is 9.19. The maximum Gasteiger partial charge on any atom is 0.120 e. The van der Waals surface area contributed by atoms with E-state index in [2.05, 4.69) is 76.0 Å². The SMILES string of the molecule is Cc1cccc(C)c1N1CCN(CC(O)COc2ccc3cc(Br)ccc3c2)CC1. The zero-order valence-corrected chi connectivity index (χ0v) is 19.2. The third kappa shape index (κ3) is 4.97. The molecule has 0 radical (unpaired) electrons. The van der Waals surface area contributed by atoms with E-state index >= 15 is 0 Å². The van der Waals surface area contributed by atoms with Crippen LogP contribution in [0.2, 0.25) is 0 Å². The molecule has 1 aliphatic rings. The zero-order chi connectivity index (χ0) is 21.1. The Morgan fingerprint density at radius 3 is 2.33 bits per heavy atom. The van der Waals surface area contributed by atoms with Crippen LogP contribution in [0, 0.1) is 13.8 Å². The Morgan fingerprint density at radius 2 is 1.60 bits per heavy atom. The summed E-state index contributed by atoms with van der Waals surface area (Å²) in [4.78, 5) is 4.80. The van der Waals surface area contributed by atoms with Crippen molar-refractivity contribution < 1.29 is 9.84 Å². The van der Waals surface area contributed by atoms with Crippen LogP contribution in [0.1, 0.15) is 11.1 Å². The monoisotopic (exact) mass is 468 g/mol. The normalized spacial score (nSPS) is 16.1. The lowest BCUT2D eigenvalue weighted by molar-refractivity contribution is 0.0663. The number of nitrogens with zero attached hydrogens (tertiary/aromatic N) is 2. The van der Waals surface area contributed by atoms with Gasteiger partial charge in [0.05, 0.1) is 0 Å². The highest BCUT2D eigenvalue weighted by Crippen LogP contribution is 2.26. The first kappa shape index (κ1) is 21.2. The molecule has 1 unspecified atom stereocenters. The van der Waals surface area contributed by atoms with Crippen molar-refractivity contribution in [3.8, 4) is 5.75 Å². The van der Waals surface area contributed by atoms with Gasteiger partial charge >= 0.3 is 0 Å². The summed E-state index contributed by atoms with van der Waals surface area (Å²) in [6.07, 6.45) is -0.502. The fourth-order valence-corrected chi connectivity index (χ4v) is 4.66. The zero-order valence-electron chi connectivity index (χ0n) is 17.6. The number of piperazine rings is 1. The number of aliphatic hydroxyl groups excluding tert-OH is 1. The first-order chi connectivity index (χ1) is 14.5. The summed E-state index contributed by atoms with van der Waals surface area (Å²) in [5, 5.41) is 12.8. The van der Waals surface area contributed by atoms with Gasteiger partial charge in [-0.05, 0) is 60.0 Å². The van der Waals surface area contributed by atoms with Crippen molar-refractivity contribution in [2.24, 2.45) is 0 Å². The van der Waals surface area contributed by atoms with E-state index < -0.39 is 6.10 Å². The number of anilines is 1. The van der Waals surface area contributed by atoms with Crippen LogP contribution in [0.3, 0.4) is 0 Å². The maximum absolute atomic E-state index is 10.5. The van der Waals surface area contributed by atoms with E-state index in [1.54, 1.807) is 0 Å². The fraction of sp³-hybridized carbons (Fsp3) is 0.360. The fourth-order valence-electron chi connectivity index (χ4n) is 4.29. The number of hydrogen-bond acceptors (Lipinski definition) is 4. The lowest BCUT2D eigenvalue weighted by Crippen LogP contribution is -2.49. The van der Waals surface area contributed by atoms with Gasteiger partial charge in [-0.25, -0.2) is 0 Å². The average molecular weight is 469 g/mol. The second-order valence-electron chi connectivity index (χ2n) is 8.15. The number of fused-ring (bicyclic) bond motifs is 1. The first-order valence-electron chi connectivity index (χ1n) is 10.5. The summed E-state index contributed by atoms with van der Waals surface area (Å²) < 4.78 is 6.94. The molecule has 1 fully saturated rings. The van der Waals surface area contributed by atoms with E-state index in [1.165, 1.54) is 22.2 Å². The minimum atomic E-state index is -0.502. The number of rotatable bonds is 6. The smallest absolute Gasteiger partial charge is 0.120 e. The van der Waals surface area contributed by atoms with Crippen molar-refractivity contribution >= 4 is 32.4 Å². The van der Waals surface area contributed by atoms with Crippen LogP contribution in [-0.4, -0.2) is 55.4 Å². The number of halogens is 1. The van der Waals surface area contributed by atoms with Gasteiger partial charge in [0.1, 0.15) is 18.5 Å². The van der Waals surface area contributed by atoms with Gasteiger partial charge in [-0.1, -0.05) is 46.3 Å². The Hall–Kier alpha value is -2.08. The van der Waals surface area contributed by atoms with Crippen molar-refractivity contribution in [2.75, 3.05) is 44.2 Å². The Labute approximate surface area is 187 Å². The van der Waals surface area contributed by atoms with Gasteiger partial charge in [0.2, 0.25) is 0 Å². The minimum absolute atomic E-state index is 0.305. The second kappa shape index (κ2) is 9.38. The number of benzene rings is 3. The van der Waals surface area contributed by atoms with Gasteiger partial charge in [-0.15, -0.1) is 0 Å². The van der Waals surface area contributed by atoms with E-state index in [0.29, 0.717) is 13.2 Å². The molecule has 0 aliphatic carbocycles. The van der Waals surface area contributed by atoms with E-state index in [4.69, 9.17) is 4.74 Å². The van der Waals surface area contributed by atoms with Crippen LogP contribution in [0.25, 0.3) is 10.8 Å². The van der Waals surface area contributed by atoms with Crippen molar-refractivity contribution in [3.63, 3.8) is 0 Å². The molecule has 1 saturated heterocycles. The van der Waals surface area contributed by atoms with Gasteiger partial charge in [-0.2, -0.15) is 0 Å². The molecule has 1 N–H and O–H groups in total. The molecule has 3 aromatic carbocycles.